The molecule has 1 aromatic rings. The molecular formula is C12H20N2O2S. The van der Waals surface area contributed by atoms with Gasteiger partial charge in [-0.2, -0.15) is 0 Å². The first-order valence-electron chi connectivity index (χ1n) is 5.86. The van der Waals surface area contributed by atoms with E-state index in [0.29, 0.717) is 6.61 Å². The first-order chi connectivity index (χ1) is 8.08. The molecule has 0 amide bonds. The molecule has 1 heterocycles. The molecule has 0 aliphatic heterocycles. The Morgan fingerprint density at radius 1 is 1.53 bits per heavy atom. The molecule has 0 aliphatic rings. The Labute approximate surface area is 107 Å². The van der Waals surface area contributed by atoms with Crippen molar-refractivity contribution in [3.8, 4) is 0 Å². The first-order valence-corrected chi connectivity index (χ1v) is 6.67. The van der Waals surface area contributed by atoms with Crippen LogP contribution in [0.4, 0.5) is 5.13 Å². The average molecular weight is 256 g/mol. The van der Waals surface area contributed by atoms with Gasteiger partial charge < -0.3 is 9.64 Å². The van der Waals surface area contributed by atoms with Gasteiger partial charge in [0.15, 0.2) is 11.4 Å². The summed E-state index contributed by atoms with van der Waals surface area (Å²) in [6.07, 6.45) is 1.93. The topological polar surface area (TPSA) is 42.4 Å². The lowest BCUT2D eigenvalue weighted by Crippen LogP contribution is -2.23. The maximum absolute atomic E-state index is 10.9. The van der Waals surface area contributed by atoms with Gasteiger partial charge in [-0.25, -0.2) is 4.98 Å². The van der Waals surface area contributed by atoms with Gasteiger partial charge in [0.05, 0.1) is 23.3 Å². The number of rotatable bonds is 7. The lowest BCUT2D eigenvalue weighted by Gasteiger charge is -2.16. The van der Waals surface area contributed by atoms with Gasteiger partial charge in [0.25, 0.3) is 0 Å². The van der Waals surface area contributed by atoms with Crippen LogP contribution in [-0.2, 0) is 11.2 Å². The van der Waals surface area contributed by atoms with Gasteiger partial charge in [-0.05, 0) is 20.3 Å². The minimum Gasteiger partial charge on any atom is -0.377 e. The third-order valence-electron chi connectivity index (χ3n) is 2.36. The second kappa shape index (κ2) is 6.71. The van der Waals surface area contributed by atoms with Crippen molar-refractivity contribution in [2.24, 2.45) is 0 Å². The van der Waals surface area contributed by atoms with Crippen molar-refractivity contribution < 1.29 is 9.53 Å². The van der Waals surface area contributed by atoms with Crippen LogP contribution in [-0.4, -0.2) is 37.6 Å². The van der Waals surface area contributed by atoms with E-state index < -0.39 is 0 Å². The zero-order chi connectivity index (χ0) is 12.8. The standard InChI is InChI=1S/C12H20N2O2S/c1-5-10-11(8-15)17-12(13-10)14(4)6-7-16-9(2)3/h8-9H,5-7H2,1-4H3. The molecular weight excluding hydrogens is 236 g/mol. The Bertz CT molecular complexity index is 363. The van der Waals surface area contributed by atoms with Crippen molar-refractivity contribution in [2.75, 3.05) is 25.1 Å². The lowest BCUT2D eigenvalue weighted by atomic mass is 10.3. The molecule has 4 nitrogen and oxygen atoms in total. The summed E-state index contributed by atoms with van der Waals surface area (Å²) < 4.78 is 5.49. The molecule has 0 fully saturated rings. The zero-order valence-corrected chi connectivity index (χ0v) is 11.7. The summed E-state index contributed by atoms with van der Waals surface area (Å²) in [4.78, 5) is 18.1. The molecule has 5 heteroatoms. The van der Waals surface area contributed by atoms with Crippen LogP contribution in [0, 0.1) is 0 Å². The van der Waals surface area contributed by atoms with Crippen molar-refractivity contribution >= 4 is 22.8 Å². The van der Waals surface area contributed by atoms with E-state index in [4.69, 9.17) is 4.74 Å². The van der Waals surface area contributed by atoms with Gasteiger partial charge in [0.2, 0.25) is 0 Å². The van der Waals surface area contributed by atoms with Crippen LogP contribution in [0.25, 0.3) is 0 Å². The molecule has 96 valence electrons. The number of aryl methyl sites for hydroxylation is 1. The quantitative estimate of drug-likeness (QED) is 0.702. The SMILES string of the molecule is CCc1nc(N(C)CCOC(C)C)sc1C=O. The highest BCUT2D eigenvalue weighted by atomic mass is 32.1. The summed E-state index contributed by atoms with van der Waals surface area (Å²) in [5, 5.41) is 0.885. The minimum atomic E-state index is 0.247. The summed E-state index contributed by atoms with van der Waals surface area (Å²) in [5.41, 5.74) is 0.886. The molecule has 0 radical (unpaired) electrons. The fraction of sp³-hybridized carbons (Fsp3) is 0.667. The van der Waals surface area contributed by atoms with Gasteiger partial charge in [0, 0.05) is 13.6 Å². The van der Waals surface area contributed by atoms with Crippen molar-refractivity contribution in [2.45, 2.75) is 33.3 Å². The number of hydrogen-bond acceptors (Lipinski definition) is 5. The van der Waals surface area contributed by atoms with E-state index in [2.05, 4.69) is 4.98 Å². The summed E-state index contributed by atoms with van der Waals surface area (Å²) in [5.74, 6) is 0. The highest BCUT2D eigenvalue weighted by molar-refractivity contribution is 7.17. The smallest absolute Gasteiger partial charge is 0.186 e. The van der Waals surface area contributed by atoms with Crippen molar-refractivity contribution in [3.05, 3.63) is 10.6 Å². The maximum Gasteiger partial charge on any atom is 0.186 e. The average Bonchev–Trinajstić information content (AvgIpc) is 2.71. The molecule has 0 saturated heterocycles. The van der Waals surface area contributed by atoms with Crippen LogP contribution >= 0.6 is 11.3 Å². The molecule has 1 aromatic heterocycles. The van der Waals surface area contributed by atoms with E-state index in [1.165, 1.54) is 11.3 Å². The molecule has 0 spiro atoms. The van der Waals surface area contributed by atoms with Crippen LogP contribution in [0.15, 0.2) is 0 Å². The largest absolute Gasteiger partial charge is 0.377 e. The molecule has 1 rings (SSSR count). The van der Waals surface area contributed by atoms with Crippen LogP contribution in [0.1, 0.15) is 36.1 Å². The Kier molecular flexibility index (Phi) is 5.58. The number of ether oxygens (including phenoxy) is 1. The van der Waals surface area contributed by atoms with Crippen LogP contribution in [0.2, 0.25) is 0 Å². The monoisotopic (exact) mass is 256 g/mol. The van der Waals surface area contributed by atoms with Crippen LogP contribution < -0.4 is 4.90 Å². The second-order valence-corrected chi connectivity index (χ2v) is 5.13. The number of aldehydes is 1. The number of aromatic nitrogens is 1. The van der Waals surface area contributed by atoms with Crippen LogP contribution in [0.5, 0.6) is 0 Å². The third-order valence-corrected chi connectivity index (χ3v) is 3.50. The second-order valence-electron chi connectivity index (χ2n) is 4.12. The first kappa shape index (κ1) is 14.1. The van der Waals surface area contributed by atoms with E-state index >= 15 is 0 Å². The van der Waals surface area contributed by atoms with Crippen molar-refractivity contribution in [1.82, 2.24) is 4.98 Å². The fourth-order valence-electron chi connectivity index (χ4n) is 1.38. The molecule has 0 unspecified atom stereocenters. The molecule has 0 aromatic carbocycles. The maximum atomic E-state index is 10.9. The summed E-state index contributed by atoms with van der Waals surface area (Å²) >= 11 is 1.44. The number of carbonyl (C=O) groups excluding carboxylic acids is 1. The van der Waals surface area contributed by atoms with E-state index in [1.807, 2.05) is 32.7 Å². The predicted molar refractivity (Wildman–Crippen MR) is 71.2 cm³/mol. The van der Waals surface area contributed by atoms with E-state index in [-0.39, 0.29) is 6.10 Å². The Hall–Kier alpha value is -0.940. The number of carbonyl (C=O) groups is 1. The van der Waals surface area contributed by atoms with Gasteiger partial charge >= 0.3 is 0 Å². The van der Waals surface area contributed by atoms with Gasteiger partial charge in [0.1, 0.15) is 0 Å². The van der Waals surface area contributed by atoms with E-state index in [1.54, 1.807) is 0 Å². The summed E-state index contributed by atoms with van der Waals surface area (Å²) in [7, 11) is 1.97. The Balaban J connectivity index is 2.59. The Morgan fingerprint density at radius 2 is 2.24 bits per heavy atom. The van der Waals surface area contributed by atoms with Crippen molar-refractivity contribution in [3.63, 3.8) is 0 Å². The predicted octanol–water partition coefficient (Wildman–Crippen LogP) is 2.38. The van der Waals surface area contributed by atoms with E-state index in [0.717, 1.165) is 35.0 Å². The number of likely N-dealkylation sites (N-methyl/N-ethyl adjacent to an activating group) is 1. The minimum absolute atomic E-state index is 0.247. The normalized spacial score (nSPS) is 10.9. The Morgan fingerprint density at radius 3 is 2.71 bits per heavy atom. The number of anilines is 1. The summed E-state index contributed by atoms with van der Waals surface area (Å²) in [6, 6.07) is 0. The van der Waals surface area contributed by atoms with Gasteiger partial charge in [-0.15, -0.1) is 0 Å². The van der Waals surface area contributed by atoms with E-state index in [9.17, 15) is 4.79 Å². The summed E-state index contributed by atoms with van der Waals surface area (Å²) in [6.45, 7) is 7.50. The number of thiazole rings is 1. The molecule has 0 saturated carbocycles. The molecule has 0 N–H and O–H groups in total. The van der Waals surface area contributed by atoms with Crippen LogP contribution in [0.3, 0.4) is 0 Å². The van der Waals surface area contributed by atoms with Crippen molar-refractivity contribution in [1.29, 1.82) is 0 Å². The molecule has 0 bridgehead atoms. The fourth-order valence-corrected chi connectivity index (χ4v) is 2.34. The highest BCUT2D eigenvalue weighted by Crippen LogP contribution is 2.24. The molecule has 17 heavy (non-hydrogen) atoms. The number of hydrogen-bond donors (Lipinski definition) is 0. The zero-order valence-electron chi connectivity index (χ0n) is 10.9. The van der Waals surface area contributed by atoms with Gasteiger partial charge in [-0.1, -0.05) is 18.3 Å². The molecule has 0 atom stereocenters. The molecule has 0 aliphatic carbocycles. The third kappa shape index (κ3) is 4.09. The lowest BCUT2D eigenvalue weighted by molar-refractivity contribution is 0.0846. The highest BCUT2D eigenvalue weighted by Gasteiger charge is 2.12. The number of nitrogens with zero attached hydrogens (tertiary/aromatic N) is 2. The van der Waals surface area contributed by atoms with Gasteiger partial charge in [-0.3, -0.25) is 4.79 Å².